The number of likely N-dealkylation sites (tertiary alicyclic amines) is 2. The molecule has 6 heteroatoms. The van der Waals surface area contributed by atoms with Crippen molar-refractivity contribution in [2.45, 2.75) is 51.2 Å². The van der Waals surface area contributed by atoms with E-state index < -0.39 is 0 Å². The van der Waals surface area contributed by atoms with E-state index in [1.807, 2.05) is 4.90 Å². The third kappa shape index (κ3) is 4.24. The van der Waals surface area contributed by atoms with Crippen LogP contribution in [-0.2, 0) is 4.74 Å². The van der Waals surface area contributed by atoms with Crippen LogP contribution in [0.2, 0.25) is 0 Å². The van der Waals surface area contributed by atoms with Crippen LogP contribution < -0.4 is 0 Å². The van der Waals surface area contributed by atoms with Crippen molar-refractivity contribution in [3.05, 3.63) is 35.1 Å². The number of halogens is 1. The van der Waals surface area contributed by atoms with Crippen molar-refractivity contribution >= 4 is 5.91 Å². The third-order valence-corrected chi connectivity index (χ3v) is 6.76. The molecule has 0 bridgehead atoms. The Bertz CT molecular complexity index is 718. The van der Waals surface area contributed by atoms with Crippen LogP contribution >= 0.6 is 0 Å². The van der Waals surface area contributed by atoms with Crippen LogP contribution in [-0.4, -0.2) is 72.4 Å². The van der Waals surface area contributed by atoms with Crippen LogP contribution in [0.5, 0.6) is 0 Å². The van der Waals surface area contributed by atoms with Crippen LogP contribution in [0, 0.1) is 18.2 Å². The minimum atomic E-state index is -0.325. The molecule has 1 spiro atoms. The highest BCUT2D eigenvalue weighted by Crippen LogP contribution is 2.42. The van der Waals surface area contributed by atoms with Gasteiger partial charge in [-0.25, -0.2) is 4.39 Å². The molecule has 1 N–H and O–H groups in total. The first-order chi connectivity index (χ1) is 13.4. The molecule has 0 aliphatic carbocycles. The number of rotatable bonds is 3. The Balaban J connectivity index is 1.30. The number of aliphatic hydroxyl groups is 1. The van der Waals surface area contributed by atoms with Crippen molar-refractivity contribution in [3.8, 4) is 0 Å². The molecule has 3 aliphatic heterocycles. The summed E-state index contributed by atoms with van der Waals surface area (Å²) in [5.41, 5.74) is 1.15. The second kappa shape index (κ2) is 8.09. The second-order valence-electron chi connectivity index (χ2n) is 8.95. The average molecular weight is 390 g/mol. The molecule has 2 unspecified atom stereocenters. The van der Waals surface area contributed by atoms with Crippen LogP contribution in [0.4, 0.5) is 4.39 Å². The molecule has 3 heterocycles. The van der Waals surface area contributed by atoms with Crippen molar-refractivity contribution in [1.82, 2.24) is 9.80 Å². The average Bonchev–Trinajstić information content (AvgIpc) is 3.06. The molecule has 3 fully saturated rings. The van der Waals surface area contributed by atoms with Crippen LogP contribution in [0.15, 0.2) is 18.2 Å². The van der Waals surface area contributed by atoms with E-state index in [0.29, 0.717) is 24.2 Å². The topological polar surface area (TPSA) is 53.0 Å². The van der Waals surface area contributed by atoms with Crippen molar-refractivity contribution in [2.75, 3.05) is 39.3 Å². The van der Waals surface area contributed by atoms with E-state index in [2.05, 4.69) is 4.90 Å². The van der Waals surface area contributed by atoms with Gasteiger partial charge < -0.3 is 14.7 Å². The maximum atomic E-state index is 13.8. The summed E-state index contributed by atoms with van der Waals surface area (Å²) in [5.74, 6) is -0.402. The molecule has 0 aromatic heterocycles. The summed E-state index contributed by atoms with van der Waals surface area (Å²) < 4.78 is 19.9. The molecule has 28 heavy (non-hydrogen) atoms. The van der Waals surface area contributed by atoms with E-state index in [1.165, 1.54) is 6.07 Å². The minimum absolute atomic E-state index is 0.0773. The Hall–Kier alpha value is -1.50. The summed E-state index contributed by atoms with van der Waals surface area (Å²) >= 11 is 0. The number of carbonyl (C=O) groups is 1. The number of aliphatic hydroxyl groups excluding tert-OH is 1. The predicted octanol–water partition coefficient (Wildman–Crippen LogP) is 2.60. The number of piperidine rings is 2. The third-order valence-electron chi connectivity index (χ3n) is 6.76. The monoisotopic (exact) mass is 390 g/mol. The maximum absolute atomic E-state index is 13.8. The van der Waals surface area contributed by atoms with Gasteiger partial charge in [-0.2, -0.15) is 0 Å². The fourth-order valence-corrected chi connectivity index (χ4v) is 4.94. The molecule has 1 aromatic rings. The van der Waals surface area contributed by atoms with Gasteiger partial charge in [0.15, 0.2) is 0 Å². The first kappa shape index (κ1) is 19.8. The summed E-state index contributed by atoms with van der Waals surface area (Å²) in [6.07, 6.45) is 4.87. The number of hydrogen-bond donors (Lipinski definition) is 1. The van der Waals surface area contributed by atoms with Crippen LogP contribution in [0.1, 0.15) is 48.0 Å². The van der Waals surface area contributed by atoms with E-state index >= 15 is 0 Å². The fraction of sp³-hybridized carbons (Fsp3) is 0.682. The summed E-state index contributed by atoms with van der Waals surface area (Å²) in [7, 11) is 0. The summed E-state index contributed by atoms with van der Waals surface area (Å²) in [6, 6.07) is 4.73. The standard InChI is InChI=1S/C22H31FN2O3/c1-16-4-5-17(11-20(16)23)21(27)25-9-6-22(7-10-25)12-19(28-15-22)14-24-8-2-3-18(26)13-24/h4-5,11,18-19,26H,2-3,6-10,12-15H2,1H3. The predicted molar refractivity (Wildman–Crippen MR) is 105 cm³/mol. The molecule has 5 nitrogen and oxygen atoms in total. The largest absolute Gasteiger partial charge is 0.392 e. The van der Waals surface area contributed by atoms with Crippen molar-refractivity contribution in [3.63, 3.8) is 0 Å². The van der Waals surface area contributed by atoms with Gasteiger partial charge in [-0.1, -0.05) is 6.07 Å². The van der Waals surface area contributed by atoms with Gasteiger partial charge in [0.2, 0.25) is 0 Å². The number of carbonyl (C=O) groups excluding carboxylic acids is 1. The number of aryl methyl sites for hydroxylation is 1. The lowest BCUT2D eigenvalue weighted by atomic mass is 9.76. The summed E-state index contributed by atoms with van der Waals surface area (Å²) in [5, 5.41) is 9.86. The van der Waals surface area contributed by atoms with Gasteiger partial charge in [-0.05, 0) is 68.7 Å². The first-order valence-electron chi connectivity index (χ1n) is 10.5. The highest BCUT2D eigenvalue weighted by Gasteiger charge is 2.43. The molecular formula is C22H31FN2O3. The van der Waals surface area contributed by atoms with E-state index in [4.69, 9.17) is 4.74 Å². The quantitative estimate of drug-likeness (QED) is 0.862. The normalized spacial score (nSPS) is 28.0. The van der Waals surface area contributed by atoms with Crippen molar-refractivity contribution in [1.29, 1.82) is 0 Å². The number of benzene rings is 1. The Morgan fingerprint density at radius 2 is 2.11 bits per heavy atom. The number of nitrogens with zero attached hydrogens (tertiary/aromatic N) is 2. The zero-order chi connectivity index (χ0) is 19.7. The van der Waals surface area contributed by atoms with E-state index in [1.54, 1.807) is 19.1 Å². The van der Waals surface area contributed by atoms with Gasteiger partial charge in [0.05, 0.1) is 18.8 Å². The second-order valence-corrected chi connectivity index (χ2v) is 8.95. The molecule has 154 valence electrons. The van der Waals surface area contributed by atoms with Gasteiger partial charge in [0.1, 0.15) is 5.82 Å². The van der Waals surface area contributed by atoms with Gasteiger partial charge in [-0.15, -0.1) is 0 Å². The smallest absolute Gasteiger partial charge is 0.253 e. The molecule has 2 atom stereocenters. The van der Waals surface area contributed by atoms with Gasteiger partial charge in [-0.3, -0.25) is 9.69 Å². The lowest BCUT2D eigenvalue weighted by Gasteiger charge is -2.38. The van der Waals surface area contributed by atoms with E-state index in [0.717, 1.165) is 58.3 Å². The molecular weight excluding hydrogens is 359 g/mol. The van der Waals surface area contributed by atoms with Gasteiger partial charge in [0.25, 0.3) is 5.91 Å². The molecule has 1 aromatic carbocycles. The van der Waals surface area contributed by atoms with Crippen molar-refractivity contribution in [2.24, 2.45) is 5.41 Å². The summed E-state index contributed by atoms with van der Waals surface area (Å²) in [4.78, 5) is 16.9. The Labute approximate surface area is 166 Å². The molecule has 0 radical (unpaired) electrons. The van der Waals surface area contributed by atoms with Crippen LogP contribution in [0.25, 0.3) is 0 Å². The van der Waals surface area contributed by atoms with Gasteiger partial charge >= 0.3 is 0 Å². The minimum Gasteiger partial charge on any atom is -0.392 e. The fourth-order valence-electron chi connectivity index (χ4n) is 4.94. The van der Waals surface area contributed by atoms with Gasteiger partial charge in [0, 0.05) is 31.7 Å². The van der Waals surface area contributed by atoms with Crippen LogP contribution in [0.3, 0.4) is 0 Å². The molecule has 1 amide bonds. The lowest BCUT2D eigenvalue weighted by Crippen LogP contribution is -2.44. The number of amides is 1. The Morgan fingerprint density at radius 3 is 2.82 bits per heavy atom. The first-order valence-corrected chi connectivity index (χ1v) is 10.5. The highest BCUT2D eigenvalue weighted by atomic mass is 19.1. The number of ether oxygens (including phenoxy) is 1. The zero-order valence-electron chi connectivity index (χ0n) is 16.7. The molecule has 4 rings (SSSR count). The molecule has 3 aliphatic rings. The highest BCUT2D eigenvalue weighted by molar-refractivity contribution is 5.94. The molecule has 0 saturated carbocycles. The Kier molecular flexibility index (Phi) is 5.72. The van der Waals surface area contributed by atoms with Crippen molar-refractivity contribution < 1.29 is 19.0 Å². The zero-order valence-corrected chi connectivity index (χ0v) is 16.7. The van der Waals surface area contributed by atoms with E-state index in [-0.39, 0.29) is 29.3 Å². The number of hydrogen-bond acceptors (Lipinski definition) is 4. The van der Waals surface area contributed by atoms with E-state index in [9.17, 15) is 14.3 Å². The Morgan fingerprint density at radius 1 is 1.32 bits per heavy atom. The number of β-amino-alcohol motifs (C(OH)–C–C–N with tert-alkyl or cyclic N) is 1. The lowest BCUT2D eigenvalue weighted by molar-refractivity contribution is 0.0227. The molecule has 3 saturated heterocycles. The SMILES string of the molecule is Cc1ccc(C(=O)N2CCC3(CC2)COC(CN2CCCC(O)C2)C3)cc1F. The summed E-state index contributed by atoms with van der Waals surface area (Å²) in [6.45, 7) is 6.55. The maximum Gasteiger partial charge on any atom is 0.253 e.